The Labute approximate surface area is 172 Å². The summed E-state index contributed by atoms with van der Waals surface area (Å²) < 4.78 is 13.8. The smallest absolute Gasteiger partial charge is 0.154 e. The molecule has 0 bridgehead atoms. The van der Waals surface area contributed by atoms with E-state index in [-0.39, 0.29) is 5.82 Å². The molecule has 4 nitrogen and oxygen atoms in total. The number of benzene rings is 2. The van der Waals surface area contributed by atoms with Crippen molar-refractivity contribution in [2.45, 2.75) is 27.2 Å². The molecule has 0 amide bonds. The molecule has 0 aliphatic heterocycles. The van der Waals surface area contributed by atoms with Crippen LogP contribution >= 0.6 is 0 Å². The van der Waals surface area contributed by atoms with E-state index in [0.717, 1.165) is 43.7 Å². The first-order chi connectivity index (χ1) is 14.1. The van der Waals surface area contributed by atoms with Gasteiger partial charge in [-0.25, -0.2) is 14.4 Å². The molecule has 3 aromatic rings. The zero-order valence-corrected chi connectivity index (χ0v) is 17.5. The molecule has 1 heterocycles. The third kappa shape index (κ3) is 5.84. The summed E-state index contributed by atoms with van der Waals surface area (Å²) in [4.78, 5) is 11.6. The van der Waals surface area contributed by atoms with E-state index in [1.165, 1.54) is 17.7 Å². The van der Waals surface area contributed by atoms with Crippen molar-refractivity contribution < 1.29 is 4.39 Å². The molecular formula is C24H29FN4. The van der Waals surface area contributed by atoms with E-state index in [0.29, 0.717) is 17.0 Å². The first-order valence-corrected chi connectivity index (χ1v) is 10.3. The van der Waals surface area contributed by atoms with Gasteiger partial charge in [-0.1, -0.05) is 49.8 Å². The van der Waals surface area contributed by atoms with E-state index < -0.39 is 0 Å². The summed E-state index contributed by atoms with van der Waals surface area (Å²) in [6, 6.07) is 12.9. The van der Waals surface area contributed by atoms with Crippen LogP contribution in [0.15, 0.2) is 42.5 Å². The maximum atomic E-state index is 13.8. The number of nitrogens with zero attached hydrogens (tertiary/aromatic N) is 3. The summed E-state index contributed by atoms with van der Waals surface area (Å²) in [5, 5.41) is 4.09. The Balaban J connectivity index is 1.80. The van der Waals surface area contributed by atoms with Gasteiger partial charge in [-0.3, -0.25) is 0 Å². The fraction of sp³-hybridized carbons (Fsp3) is 0.333. The highest BCUT2D eigenvalue weighted by atomic mass is 19.1. The molecule has 29 heavy (non-hydrogen) atoms. The minimum Gasteiger partial charge on any atom is -0.369 e. The van der Waals surface area contributed by atoms with Crippen molar-refractivity contribution in [2.24, 2.45) is 0 Å². The Hall–Kier alpha value is -2.79. The number of rotatable bonds is 9. The van der Waals surface area contributed by atoms with E-state index in [1.54, 1.807) is 6.07 Å². The average Bonchev–Trinajstić information content (AvgIpc) is 2.73. The van der Waals surface area contributed by atoms with Crippen LogP contribution < -0.4 is 5.32 Å². The summed E-state index contributed by atoms with van der Waals surface area (Å²) in [5.41, 5.74) is 3.05. The van der Waals surface area contributed by atoms with Crippen LogP contribution in [0, 0.1) is 12.7 Å². The maximum Gasteiger partial charge on any atom is 0.154 e. The number of nitrogens with one attached hydrogen (secondary N) is 1. The molecule has 2 aromatic carbocycles. The standard InChI is InChI=1S/C24H29FN4/c1-4-29(5-2)16-6-15-26-24-21-17-20(25)12-13-22(21)27-23(28-24)14-11-19-9-7-18(3)8-10-19/h7-14,17H,4-6,15-16H2,1-3H3,(H,26,27,28)/b14-11+. The van der Waals surface area contributed by atoms with Gasteiger partial charge in [0.15, 0.2) is 5.82 Å². The zero-order valence-electron chi connectivity index (χ0n) is 17.5. The van der Waals surface area contributed by atoms with Crippen molar-refractivity contribution in [1.29, 1.82) is 0 Å². The van der Waals surface area contributed by atoms with Gasteiger partial charge in [-0.05, 0) is 62.8 Å². The molecule has 0 saturated heterocycles. The third-order valence-corrected chi connectivity index (χ3v) is 5.02. The Morgan fingerprint density at radius 3 is 2.48 bits per heavy atom. The van der Waals surface area contributed by atoms with Gasteiger partial charge in [-0.15, -0.1) is 0 Å². The molecule has 1 aromatic heterocycles. The van der Waals surface area contributed by atoms with E-state index >= 15 is 0 Å². The molecule has 0 fully saturated rings. The van der Waals surface area contributed by atoms with Gasteiger partial charge in [0.05, 0.1) is 5.52 Å². The van der Waals surface area contributed by atoms with Crippen molar-refractivity contribution in [3.8, 4) is 0 Å². The molecule has 0 spiro atoms. The second-order valence-electron chi connectivity index (χ2n) is 7.14. The van der Waals surface area contributed by atoms with Gasteiger partial charge in [0, 0.05) is 11.9 Å². The van der Waals surface area contributed by atoms with E-state index in [1.807, 2.05) is 12.2 Å². The predicted molar refractivity (Wildman–Crippen MR) is 120 cm³/mol. The monoisotopic (exact) mass is 392 g/mol. The predicted octanol–water partition coefficient (Wildman–Crippen LogP) is 5.39. The van der Waals surface area contributed by atoms with Crippen molar-refractivity contribution in [2.75, 3.05) is 31.5 Å². The molecule has 0 unspecified atom stereocenters. The molecule has 0 radical (unpaired) electrons. The zero-order chi connectivity index (χ0) is 20.6. The number of hydrogen-bond donors (Lipinski definition) is 1. The van der Waals surface area contributed by atoms with Gasteiger partial charge >= 0.3 is 0 Å². The van der Waals surface area contributed by atoms with Crippen LogP contribution in [0.2, 0.25) is 0 Å². The molecule has 0 aliphatic rings. The maximum absolute atomic E-state index is 13.8. The summed E-state index contributed by atoms with van der Waals surface area (Å²) in [7, 11) is 0. The molecule has 5 heteroatoms. The number of aryl methyl sites for hydroxylation is 1. The van der Waals surface area contributed by atoms with E-state index in [4.69, 9.17) is 0 Å². The highest BCUT2D eigenvalue weighted by molar-refractivity contribution is 5.90. The van der Waals surface area contributed by atoms with Crippen LogP contribution in [0.25, 0.3) is 23.1 Å². The van der Waals surface area contributed by atoms with Crippen LogP contribution in [0.4, 0.5) is 10.2 Å². The molecule has 0 atom stereocenters. The molecule has 1 N–H and O–H groups in total. The van der Waals surface area contributed by atoms with E-state index in [2.05, 4.69) is 65.2 Å². The lowest BCUT2D eigenvalue weighted by atomic mass is 10.1. The number of fused-ring (bicyclic) bond motifs is 1. The van der Waals surface area contributed by atoms with Crippen LogP contribution in [0.5, 0.6) is 0 Å². The molecule has 0 saturated carbocycles. The van der Waals surface area contributed by atoms with Crippen molar-refractivity contribution in [3.63, 3.8) is 0 Å². The molecule has 0 aliphatic carbocycles. The minimum atomic E-state index is -0.282. The average molecular weight is 393 g/mol. The second-order valence-corrected chi connectivity index (χ2v) is 7.14. The third-order valence-electron chi connectivity index (χ3n) is 5.02. The van der Waals surface area contributed by atoms with Crippen LogP contribution in [0.1, 0.15) is 37.2 Å². The Kier molecular flexibility index (Phi) is 7.30. The Morgan fingerprint density at radius 1 is 1.00 bits per heavy atom. The summed E-state index contributed by atoms with van der Waals surface area (Å²) >= 11 is 0. The van der Waals surface area contributed by atoms with Crippen molar-refractivity contribution in [1.82, 2.24) is 14.9 Å². The Bertz CT molecular complexity index is 963. The fourth-order valence-corrected chi connectivity index (χ4v) is 3.23. The van der Waals surface area contributed by atoms with Gasteiger partial charge < -0.3 is 10.2 Å². The normalized spacial score (nSPS) is 11.6. The highest BCUT2D eigenvalue weighted by Gasteiger charge is 2.08. The lowest BCUT2D eigenvalue weighted by Gasteiger charge is -2.18. The van der Waals surface area contributed by atoms with E-state index in [9.17, 15) is 4.39 Å². The van der Waals surface area contributed by atoms with Crippen LogP contribution in [0.3, 0.4) is 0 Å². The lowest BCUT2D eigenvalue weighted by molar-refractivity contribution is 0.303. The Morgan fingerprint density at radius 2 is 1.76 bits per heavy atom. The number of aromatic nitrogens is 2. The number of halogens is 1. The van der Waals surface area contributed by atoms with Gasteiger partial charge in [0.2, 0.25) is 0 Å². The fourth-order valence-electron chi connectivity index (χ4n) is 3.23. The molecule has 152 valence electrons. The molecular weight excluding hydrogens is 363 g/mol. The summed E-state index contributed by atoms with van der Waals surface area (Å²) in [5.74, 6) is 1.00. The quantitative estimate of drug-likeness (QED) is 0.496. The van der Waals surface area contributed by atoms with Gasteiger partial charge in [0.25, 0.3) is 0 Å². The highest BCUT2D eigenvalue weighted by Crippen LogP contribution is 2.22. The van der Waals surface area contributed by atoms with Crippen LogP contribution in [-0.4, -0.2) is 41.0 Å². The van der Waals surface area contributed by atoms with Crippen LogP contribution in [-0.2, 0) is 0 Å². The number of anilines is 1. The number of hydrogen-bond acceptors (Lipinski definition) is 4. The summed E-state index contributed by atoms with van der Waals surface area (Å²) in [6.07, 6.45) is 4.89. The first-order valence-electron chi connectivity index (χ1n) is 10.3. The van der Waals surface area contributed by atoms with Gasteiger partial charge in [0.1, 0.15) is 11.6 Å². The van der Waals surface area contributed by atoms with Gasteiger partial charge in [-0.2, -0.15) is 0 Å². The topological polar surface area (TPSA) is 41.0 Å². The second kappa shape index (κ2) is 10.1. The minimum absolute atomic E-state index is 0.282. The lowest BCUT2D eigenvalue weighted by Crippen LogP contribution is -2.25. The first kappa shape index (κ1) is 20.9. The largest absolute Gasteiger partial charge is 0.369 e. The van der Waals surface area contributed by atoms with Crippen molar-refractivity contribution >= 4 is 28.9 Å². The summed E-state index contributed by atoms with van der Waals surface area (Å²) in [6.45, 7) is 10.3. The molecule has 3 rings (SSSR count). The van der Waals surface area contributed by atoms with Crippen molar-refractivity contribution in [3.05, 3.63) is 65.2 Å². The SMILES string of the molecule is CCN(CC)CCCNc1nc(/C=C/c2ccc(C)cc2)nc2ccc(F)cc12.